The monoisotopic (exact) mass is 366 g/mol. The molecular weight excluding hydrogens is 345 g/mol. The van der Waals surface area contributed by atoms with E-state index in [1.165, 1.54) is 0 Å². The highest BCUT2D eigenvalue weighted by Crippen LogP contribution is 2.60. The quantitative estimate of drug-likeness (QED) is 0.474. The fraction of sp³-hybridized carbons (Fsp3) is 0.250. The van der Waals surface area contributed by atoms with Crippen LogP contribution >= 0.6 is 0 Å². The van der Waals surface area contributed by atoms with Crippen LogP contribution in [0.4, 0.5) is 13.2 Å². The van der Waals surface area contributed by atoms with Gasteiger partial charge in [-0.2, -0.15) is 13.2 Å². The van der Waals surface area contributed by atoms with Crippen molar-refractivity contribution < 1.29 is 13.2 Å². The van der Waals surface area contributed by atoms with E-state index in [1.807, 2.05) is 56.3 Å². The van der Waals surface area contributed by atoms with Crippen molar-refractivity contribution in [3.8, 4) is 0 Å². The summed E-state index contributed by atoms with van der Waals surface area (Å²) in [7, 11) is 0. The molecule has 0 amide bonds. The first-order valence-corrected chi connectivity index (χ1v) is 9.13. The highest BCUT2D eigenvalue weighted by molar-refractivity contribution is 5.58. The molecule has 0 spiro atoms. The minimum absolute atomic E-state index is 0.00412. The van der Waals surface area contributed by atoms with Crippen LogP contribution in [0.1, 0.15) is 45.7 Å². The molecule has 3 aromatic carbocycles. The Morgan fingerprint density at radius 2 is 1.44 bits per heavy atom. The first kappa shape index (κ1) is 17.8. The molecular formula is C24H21F3. The molecule has 0 radical (unpaired) electrons. The highest BCUT2D eigenvalue weighted by Gasteiger charge is 2.62. The van der Waals surface area contributed by atoms with Gasteiger partial charge in [-0.05, 0) is 48.1 Å². The maximum atomic E-state index is 14.7. The lowest BCUT2D eigenvalue weighted by Gasteiger charge is -2.35. The summed E-state index contributed by atoms with van der Waals surface area (Å²) in [6.45, 7) is 3.76. The number of benzene rings is 3. The van der Waals surface area contributed by atoms with Gasteiger partial charge in [0.05, 0.1) is 0 Å². The SMILES string of the molecule is Cc1cc(C)c2c(c1)[C@H](c1ccccc1)C[C@]2(c1ccccc1)C(F)(F)F. The molecule has 0 N–H and O–H groups in total. The van der Waals surface area contributed by atoms with Crippen molar-refractivity contribution in [3.05, 3.63) is 106 Å². The Balaban J connectivity index is 2.06. The largest absolute Gasteiger partial charge is 0.402 e. The van der Waals surface area contributed by atoms with E-state index in [0.29, 0.717) is 16.7 Å². The molecule has 1 aliphatic carbocycles. The Morgan fingerprint density at radius 3 is 2.04 bits per heavy atom. The van der Waals surface area contributed by atoms with E-state index in [4.69, 9.17) is 0 Å². The van der Waals surface area contributed by atoms with Gasteiger partial charge in [-0.15, -0.1) is 0 Å². The van der Waals surface area contributed by atoms with Gasteiger partial charge in [0.15, 0.2) is 0 Å². The Morgan fingerprint density at radius 1 is 0.852 bits per heavy atom. The van der Waals surface area contributed by atoms with Gasteiger partial charge in [0.25, 0.3) is 0 Å². The predicted octanol–water partition coefficient (Wildman–Crippen LogP) is 6.69. The molecule has 0 saturated heterocycles. The molecule has 0 bridgehead atoms. The molecule has 3 aromatic rings. The molecule has 138 valence electrons. The molecule has 0 aliphatic heterocycles. The van der Waals surface area contributed by atoms with Crippen molar-refractivity contribution >= 4 is 0 Å². The predicted molar refractivity (Wildman–Crippen MR) is 102 cm³/mol. The second kappa shape index (κ2) is 6.26. The van der Waals surface area contributed by atoms with Crippen LogP contribution in [0.25, 0.3) is 0 Å². The Bertz CT molecular complexity index is 958. The van der Waals surface area contributed by atoms with Crippen LogP contribution in [0.3, 0.4) is 0 Å². The van der Waals surface area contributed by atoms with E-state index >= 15 is 0 Å². The summed E-state index contributed by atoms with van der Waals surface area (Å²) in [5.74, 6) is -0.276. The lowest BCUT2D eigenvalue weighted by molar-refractivity contribution is -0.178. The third-order valence-corrected chi connectivity index (χ3v) is 5.78. The summed E-state index contributed by atoms with van der Waals surface area (Å²) in [6.07, 6.45) is -4.38. The number of fused-ring (bicyclic) bond motifs is 1. The van der Waals surface area contributed by atoms with E-state index in [0.717, 1.165) is 16.7 Å². The van der Waals surface area contributed by atoms with Crippen LogP contribution < -0.4 is 0 Å². The van der Waals surface area contributed by atoms with Gasteiger partial charge < -0.3 is 0 Å². The third-order valence-electron chi connectivity index (χ3n) is 5.78. The minimum atomic E-state index is -4.38. The van der Waals surface area contributed by atoms with Gasteiger partial charge in [-0.25, -0.2) is 0 Å². The molecule has 3 heteroatoms. The van der Waals surface area contributed by atoms with E-state index in [-0.39, 0.29) is 12.3 Å². The molecule has 2 atom stereocenters. The number of halogens is 3. The zero-order chi connectivity index (χ0) is 19.2. The Hall–Kier alpha value is -2.55. The summed E-state index contributed by atoms with van der Waals surface area (Å²) in [6, 6.07) is 21.8. The fourth-order valence-electron chi connectivity index (χ4n) is 4.77. The number of hydrogen-bond acceptors (Lipinski definition) is 0. The number of aryl methyl sites for hydroxylation is 2. The number of hydrogen-bond donors (Lipinski definition) is 0. The number of alkyl halides is 3. The van der Waals surface area contributed by atoms with E-state index in [2.05, 4.69) is 0 Å². The van der Waals surface area contributed by atoms with Gasteiger partial charge in [-0.1, -0.05) is 78.4 Å². The highest BCUT2D eigenvalue weighted by atomic mass is 19.4. The minimum Gasteiger partial charge on any atom is -0.170 e. The van der Waals surface area contributed by atoms with Crippen LogP contribution in [-0.2, 0) is 5.41 Å². The topological polar surface area (TPSA) is 0 Å². The smallest absolute Gasteiger partial charge is 0.170 e. The maximum absolute atomic E-state index is 14.7. The molecule has 0 heterocycles. The summed E-state index contributed by atoms with van der Waals surface area (Å²) in [5.41, 5.74) is 2.22. The summed E-state index contributed by atoms with van der Waals surface area (Å²) in [4.78, 5) is 0. The lowest BCUT2D eigenvalue weighted by atomic mass is 9.72. The molecule has 4 rings (SSSR count). The van der Waals surface area contributed by atoms with Crippen LogP contribution in [0.5, 0.6) is 0 Å². The van der Waals surface area contributed by atoms with Crippen molar-refractivity contribution in [1.29, 1.82) is 0 Å². The molecule has 0 saturated carbocycles. The Kier molecular flexibility index (Phi) is 4.14. The van der Waals surface area contributed by atoms with Gasteiger partial charge in [-0.3, -0.25) is 0 Å². The zero-order valence-electron chi connectivity index (χ0n) is 15.3. The van der Waals surface area contributed by atoms with Crippen LogP contribution in [0.2, 0.25) is 0 Å². The fourth-order valence-corrected chi connectivity index (χ4v) is 4.77. The molecule has 0 aromatic heterocycles. The average molecular weight is 366 g/mol. The van der Waals surface area contributed by atoms with Crippen molar-refractivity contribution in [3.63, 3.8) is 0 Å². The van der Waals surface area contributed by atoms with Gasteiger partial charge in [0.1, 0.15) is 5.41 Å². The third kappa shape index (κ3) is 2.68. The normalized spacial score (nSPS) is 21.9. The Labute approximate surface area is 157 Å². The first-order chi connectivity index (χ1) is 12.8. The van der Waals surface area contributed by atoms with Crippen LogP contribution in [0.15, 0.2) is 72.8 Å². The maximum Gasteiger partial charge on any atom is 0.402 e. The first-order valence-electron chi connectivity index (χ1n) is 9.13. The molecule has 1 aliphatic rings. The van der Waals surface area contributed by atoms with E-state index < -0.39 is 11.6 Å². The van der Waals surface area contributed by atoms with Crippen molar-refractivity contribution in [2.45, 2.75) is 37.8 Å². The summed E-state index contributed by atoms with van der Waals surface area (Å²) in [5, 5.41) is 0. The van der Waals surface area contributed by atoms with Gasteiger partial charge >= 0.3 is 6.18 Å². The number of rotatable bonds is 2. The van der Waals surface area contributed by atoms with Crippen molar-refractivity contribution in [1.82, 2.24) is 0 Å². The van der Waals surface area contributed by atoms with Crippen molar-refractivity contribution in [2.24, 2.45) is 0 Å². The molecule has 27 heavy (non-hydrogen) atoms. The summed E-state index contributed by atoms with van der Waals surface area (Å²) >= 11 is 0. The standard InChI is InChI=1S/C24H21F3/c1-16-13-17(2)22-20(14-16)21(18-9-5-3-6-10-18)15-23(22,24(25,26)27)19-11-7-4-8-12-19/h3-14,21H,15H2,1-2H3/t21-,23+/m0/s1. The average Bonchev–Trinajstić information content (AvgIpc) is 3.00. The second-order valence-electron chi connectivity index (χ2n) is 7.48. The molecule has 0 unspecified atom stereocenters. The molecule has 0 nitrogen and oxygen atoms in total. The van der Waals surface area contributed by atoms with E-state index in [1.54, 1.807) is 30.3 Å². The second-order valence-corrected chi connectivity index (χ2v) is 7.48. The van der Waals surface area contributed by atoms with Gasteiger partial charge in [0.2, 0.25) is 0 Å². The van der Waals surface area contributed by atoms with Crippen molar-refractivity contribution in [2.75, 3.05) is 0 Å². The lowest BCUT2D eigenvalue weighted by Crippen LogP contribution is -2.42. The van der Waals surface area contributed by atoms with E-state index in [9.17, 15) is 13.2 Å². The van der Waals surface area contributed by atoms with Crippen LogP contribution in [-0.4, -0.2) is 6.18 Å². The van der Waals surface area contributed by atoms with Crippen LogP contribution in [0, 0.1) is 13.8 Å². The van der Waals surface area contributed by atoms with Gasteiger partial charge in [0, 0.05) is 5.92 Å². The molecule has 0 fully saturated rings. The summed E-state index contributed by atoms with van der Waals surface area (Å²) < 4.78 is 44.2. The zero-order valence-corrected chi connectivity index (χ0v) is 15.3.